The molecule has 0 saturated carbocycles. The third-order valence-electron chi connectivity index (χ3n) is 1.89. The Morgan fingerprint density at radius 3 is 2.50 bits per heavy atom. The lowest BCUT2D eigenvalue weighted by Gasteiger charge is -2.14. The minimum Gasteiger partial charge on any atom is -0.383 e. The predicted octanol–water partition coefficient (Wildman–Crippen LogP) is 2.46. The van der Waals surface area contributed by atoms with Gasteiger partial charge in [0.15, 0.2) is 6.10 Å². The number of hydrogen-bond acceptors (Lipinski definition) is 1. The molecule has 1 N–H and O–H groups in total. The van der Waals surface area contributed by atoms with E-state index in [-0.39, 0.29) is 6.42 Å². The van der Waals surface area contributed by atoms with Crippen molar-refractivity contribution >= 4 is 0 Å². The molecule has 0 radical (unpaired) electrons. The van der Waals surface area contributed by atoms with E-state index in [1.54, 1.807) is 31.2 Å². The first-order chi connectivity index (χ1) is 6.39. The van der Waals surface area contributed by atoms with Crippen molar-refractivity contribution in [3.63, 3.8) is 0 Å². The van der Waals surface area contributed by atoms with Crippen LogP contribution in [0.15, 0.2) is 24.3 Å². The summed E-state index contributed by atoms with van der Waals surface area (Å²) in [5, 5.41) is 8.81. The summed E-state index contributed by atoms with van der Waals surface area (Å²) in [4.78, 5) is 0. The van der Waals surface area contributed by atoms with Crippen molar-refractivity contribution in [1.29, 1.82) is 0 Å². The lowest BCUT2D eigenvalue weighted by Crippen LogP contribution is -2.30. The van der Waals surface area contributed by atoms with Crippen LogP contribution in [0.5, 0.6) is 0 Å². The summed E-state index contributed by atoms with van der Waals surface area (Å²) >= 11 is 0. The molecular weight excluding hydrogens is 193 g/mol. The van der Waals surface area contributed by atoms with E-state index < -0.39 is 12.3 Å². The molecule has 1 aromatic rings. The Labute approximate surface area is 80.2 Å². The Hall–Kier alpha value is -1.03. The van der Waals surface area contributed by atoms with E-state index in [4.69, 9.17) is 5.11 Å². The minimum atomic E-state index is -4.54. The quantitative estimate of drug-likeness (QED) is 0.784. The van der Waals surface area contributed by atoms with Crippen molar-refractivity contribution in [1.82, 2.24) is 0 Å². The van der Waals surface area contributed by atoms with Crippen molar-refractivity contribution in [2.24, 2.45) is 0 Å². The fourth-order valence-corrected chi connectivity index (χ4v) is 1.18. The molecule has 0 fully saturated rings. The van der Waals surface area contributed by atoms with Crippen molar-refractivity contribution in [2.75, 3.05) is 0 Å². The van der Waals surface area contributed by atoms with E-state index in [1.165, 1.54) is 0 Å². The molecule has 1 aromatic carbocycles. The van der Waals surface area contributed by atoms with E-state index in [2.05, 4.69) is 0 Å². The van der Waals surface area contributed by atoms with Crippen molar-refractivity contribution in [3.05, 3.63) is 35.4 Å². The zero-order valence-corrected chi connectivity index (χ0v) is 7.67. The van der Waals surface area contributed by atoms with Crippen molar-refractivity contribution < 1.29 is 18.3 Å². The van der Waals surface area contributed by atoms with Crippen LogP contribution in [0.3, 0.4) is 0 Å². The molecule has 0 aromatic heterocycles. The summed E-state index contributed by atoms with van der Waals surface area (Å²) in [5.41, 5.74) is 1.38. The highest BCUT2D eigenvalue weighted by Gasteiger charge is 2.37. The van der Waals surface area contributed by atoms with Gasteiger partial charge in [0.05, 0.1) is 0 Å². The van der Waals surface area contributed by atoms with Gasteiger partial charge in [-0.2, -0.15) is 13.2 Å². The zero-order chi connectivity index (χ0) is 10.8. The van der Waals surface area contributed by atoms with Crippen LogP contribution in [0.25, 0.3) is 0 Å². The zero-order valence-electron chi connectivity index (χ0n) is 7.67. The van der Waals surface area contributed by atoms with Gasteiger partial charge in [-0.3, -0.25) is 0 Å². The monoisotopic (exact) mass is 204 g/mol. The third kappa shape index (κ3) is 3.03. The number of aliphatic hydroxyl groups excluding tert-OH is 1. The lowest BCUT2D eigenvalue weighted by molar-refractivity contribution is -0.203. The normalized spacial score (nSPS) is 14.1. The second-order valence-electron chi connectivity index (χ2n) is 3.25. The van der Waals surface area contributed by atoms with E-state index >= 15 is 0 Å². The number of rotatable bonds is 2. The Kier molecular flexibility index (Phi) is 3.16. The SMILES string of the molecule is Cc1cccc(C[C@H](O)C(F)(F)F)c1. The number of halogens is 3. The Morgan fingerprint density at radius 2 is 2.00 bits per heavy atom. The molecule has 0 amide bonds. The first-order valence-electron chi connectivity index (χ1n) is 4.20. The van der Waals surface area contributed by atoms with Gasteiger partial charge in [-0.1, -0.05) is 29.8 Å². The molecule has 78 valence electrons. The van der Waals surface area contributed by atoms with Gasteiger partial charge in [-0.05, 0) is 12.5 Å². The van der Waals surface area contributed by atoms with Gasteiger partial charge < -0.3 is 5.11 Å². The van der Waals surface area contributed by atoms with Crippen LogP contribution < -0.4 is 0 Å². The van der Waals surface area contributed by atoms with Crippen LogP contribution in [0.2, 0.25) is 0 Å². The molecule has 0 aliphatic heterocycles. The molecule has 0 aliphatic carbocycles. The number of aryl methyl sites for hydroxylation is 1. The van der Waals surface area contributed by atoms with Gasteiger partial charge in [0.2, 0.25) is 0 Å². The maximum atomic E-state index is 12.0. The molecular formula is C10H11F3O. The molecule has 0 aliphatic rings. The highest BCUT2D eigenvalue weighted by atomic mass is 19.4. The van der Waals surface area contributed by atoms with Gasteiger partial charge in [0, 0.05) is 6.42 Å². The van der Waals surface area contributed by atoms with Crippen LogP contribution in [0.1, 0.15) is 11.1 Å². The van der Waals surface area contributed by atoms with Gasteiger partial charge >= 0.3 is 6.18 Å². The van der Waals surface area contributed by atoms with E-state index in [1.807, 2.05) is 0 Å². The summed E-state index contributed by atoms with van der Waals surface area (Å²) < 4.78 is 36.0. The van der Waals surface area contributed by atoms with Gasteiger partial charge in [0.25, 0.3) is 0 Å². The van der Waals surface area contributed by atoms with E-state index in [0.29, 0.717) is 5.56 Å². The highest BCUT2D eigenvalue weighted by molar-refractivity contribution is 5.22. The second kappa shape index (κ2) is 4.00. The standard InChI is InChI=1S/C10H11F3O/c1-7-3-2-4-8(5-7)6-9(14)10(11,12)13/h2-5,9,14H,6H2,1H3/t9-/m0/s1. The molecule has 1 nitrogen and oxygen atoms in total. The molecule has 0 heterocycles. The predicted molar refractivity (Wildman–Crippen MR) is 46.9 cm³/mol. The maximum Gasteiger partial charge on any atom is 0.414 e. The highest BCUT2D eigenvalue weighted by Crippen LogP contribution is 2.23. The smallest absolute Gasteiger partial charge is 0.383 e. The largest absolute Gasteiger partial charge is 0.414 e. The lowest BCUT2D eigenvalue weighted by atomic mass is 10.1. The average Bonchev–Trinajstić information content (AvgIpc) is 2.02. The van der Waals surface area contributed by atoms with Crippen LogP contribution in [-0.4, -0.2) is 17.4 Å². The summed E-state index contributed by atoms with van der Waals surface area (Å²) in [6.45, 7) is 1.80. The molecule has 0 saturated heterocycles. The molecule has 0 unspecified atom stereocenters. The number of hydrogen-bond donors (Lipinski definition) is 1. The van der Waals surface area contributed by atoms with E-state index in [0.717, 1.165) is 5.56 Å². The fourth-order valence-electron chi connectivity index (χ4n) is 1.18. The molecule has 0 spiro atoms. The summed E-state index contributed by atoms with van der Waals surface area (Å²) in [6.07, 6.45) is -7.20. The van der Waals surface area contributed by atoms with Gasteiger partial charge in [-0.25, -0.2) is 0 Å². The number of benzene rings is 1. The molecule has 0 bridgehead atoms. The summed E-state index contributed by atoms with van der Waals surface area (Å²) in [7, 11) is 0. The number of alkyl halides is 3. The summed E-state index contributed by atoms with van der Waals surface area (Å²) in [6, 6.07) is 6.67. The topological polar surface area (TPSA) is 20.2 Å². The van der Waals surface area contributed by atoms with E-state index in [9.17, 15) is 13.2 Å². The first-order valence-corrected chi connectivity index (χ1v) is 4.20. The molecule has 14 heavy (non-hydrogen) atoms. The number of aliphatic hydroxyl groups is 1. The van der Waals surface area contributed by atoms with Crippen LogP contribution in [0.4, 0.5) is 13.2 Å². The summed E-state index contributed by atoms with van der Waals surface area (Å²) in [5.74, 6) is 0. The fraction of sp³-hybridized carbons (Fsp3) is 0.400. The first kappa shape index (κ1) is 11.0. The Morgan fingerprint density at radius 1 is 1.36 bits per heavy atom. The van der Waals surface area contributed by atoms with Crippen LogP contribution >= 0.6 is 0 Å². The Bertz CT molecular complexity index is 306. The minimum absolute atomic E-state index is 0.384. The van der Waals surface area contributed by atoms with Crippen LogP contribution in [0, 0.1) is 6.92 Å². The van der Waals surface area contributed by atoms with Gasteiger partial charge in [0.1, 0.15) is 0 Å². The molecule has 4 heteroatoms. The maximum absolute atomic E-state index is 12.0. The average molecular weight is 204 g/mol. The van der Waals surface area contributed by atoms with Gasteiger partial charge in [-0.15, -0.1) is 0 Å². The second-order valence-corrected chi connectivity index (χ2v) is 3.25. The van der Waals surface area contributed by atoms with Crippen LogP contribution in [-0.2, 0) is 6.42 Å². The Balaban J connectivity index is 2.70. The van der Waals surface area contributed by atoms with Crippen molar-refractivity contribution in [3.8, 4) is 0 Å². The molecule has 1 rings (SSSR count). The third-order valence-corrected chi connectivity index (χ3v) is 1.89. The molecule has 1 atom stereocenters. The van der Waals surface area contributed by atoms with Crippen molar-refractivity contribution in [2.45, 2.75) is 25.6 Å².